The molecular formula is C14H23N3. The van der Waals surface area contributed by atoms with E-state index in [2.05, 4.69) is 30.3 Å². The SMILES string of the molecule is CCCNC1CCCc2nc(CCC)ncc21. The van der Waals surface area contributed by atoms with Crippen molar-refractivity contribution in [2.24, 2.45) is 0 Å². The van der Waals surface area contributed by atoms with Crippen molar-refractivity contribution in [3.63, 3.8) is 0 Å². The average Bonchev–Trinajstić information content (AvgIpc) is 2.36. The molecule has 1 heterocycles. The molecule has 94 valence electrons. The topological polar surface area (TPSA) is 37.8 Å². The van der Waals surface area contributed by atoms with E-state index in [0.29, 0.717) is 6.04 Å². The van der Waals surface area contributed by atoms with Gasteiger partial charge in [-0.2, -0.15) is 0 Å². The second-order valence-corrected chi connectivity index (χ2v) is 4.84. The molecule has 1 atom stereocenters. The van der Waals surface area contributed by atoms with E-state index in [1.54, 1.807) is 0 Å². The molecule has 0 fully saturated rings. The fraction of sp³-hybridized carbons (Fsp3) is 0.714. The summed E-state index contributed by atoms with van der Waals surface area (Å²) in [4.78, 5) is 9.20. The molecule has 2 rings (SSSR count). The van der Waals surface area contributed by atoms with Crippen LogP contribution in [0, 0.1) is 0 Å². The number of nitrogens with zero attached hydrogens (tertiary/aromatic N) is 2. The van der Waals surface area contributed by atoms with E-state index in [4.69, 9.17) is 4.98 Å². The van der Waals surface area contributed by atoms with Crippen molar-refractivity contribution in [3.05, 3.63) is 23.3 Å². The second-order valence-electron chi connectivity index (χ2n) is 4.84. The van der Waals surface area contributed by atoms with E-state index >= 15 is 0 Å². The number of hydrogen-bond acceptors (Lipinski definition) is 3. The predicted molar refractivity (Wildman–Crippen MR) is 70.0 cm³/mol. The smallest absolute Gasteiger partial charge is 0.128 e. The van der Waals surface area contributed by atoms with Crippen molar-refractivity contribution in [1.29, 1.82) is 0 Å². The fourth-order valence-corrected chi connectivity index (χ4v) is 2.46. The highest BCUT2D eigenvalue weighted by Gasteiger charge is 2.21. The van der Waals surface area contributed by atoms with Crippen LogP contribution in [0.4, 0.5) is 0 Å². The number of nitrogens with one attached hydrogen (secondary N) is 1. The molecule has 0 radical (unpaired) electrons. The Hall–Kier alpha value is -0.960. The molecule has 3 heteroatoms. The van der Waals surface area contributed by atoms with Crippen LogP contribution in [-0.2, 0) is 12.8 Å². The van der Waals surface area contributed by atoms with Gasteiger partial charge in [0, 0.05) is 29.9 Å². The minimum atomic E-state index is 0.481. The first kappa shape index (κ1) is 12.5. The maximum absolute atomic E-state index is 4.71. The van der Waals surface area contributed by atoms with Gasteiger partial charge in [0.15, 0.2) is 0 Å². The first-order chi connectivity index (χ1) is 8.35. The van der Waals surface area contributed by atoms with Gasteiger partial charge in [0.25, 0.3) is 0 Å². The van der Waals surface area contributed by atoms with Gasteiger partial charge in [0.05, 0.1) is 0 Å². The molecule has 1 aromatic heterocycles. The predicted octanol–water partition coefficient (Wildman–Crippen LogP) is 2.81. The van der Waals surface area contributed by atoms with Crippen molar-refractivity contribution in [1.82, 2.24) is 15.3 Å². The average molecular weight is 233 g/mol. The lowest BCUT2D eigenvalue weighted by Gasteiger charge is -2.25. The van der Waals surface area contributed by atoms with Crippen LogP contribution in [0.5, 0.6) is 0 Å². The first-order valence-corrected chi connectivity index (χ1v) is 6.93. The summed E-state index contributed by atoms with van der Waals surface area (Å²) in [6, 6.07) is 0.481. The van der Waals surface area contributed by atoms with E-state index in [1.165, 1.54) is 30.5 Å². The summed E-state index contributed by atoms with van der Waals surface area (Å²) in [5, 5.41) is 3.60. The van der Waals surface area contributed by atoms with Crippen LogP contribution in [0.15, 0.2) is 6.20 Å². The summed E-state index contributed by atoms with van der Waals surface area (Å²) in [5.74, 6) is 1.02. The maximum Gasteiger partial charge on any atom is 0.128 e. The van der Waals surface area contributed by atoms with Crippen LogP contribution in [0.2, 0.25) is 0 Å². The molecule has 0 aromatic carbocycles. The minimum absolute atomic E-state index is 0.481. The van der Waals surface area contributed by atoms with E-state index in [0.717, 1.165) is 31.6 Å². The number of fused-ring (bicyclic) bond motifs is 1. The van der Waals surface area contributed by atoms with E-state index in [1.807, 2.05) is 0 Å². The van der Waals surface area contributed by atoms with Crippen LogP contribution < -0.4 is 5.32 Å². The fourth-order valence-electron chi connectivity index (χ4n) is 2.46. The van der Waals surface area contributed by atoms with Gasteiger partial charge in [0.1, 0.15) is 5.82 Å². The molecule has 0 bridgehead atoms. The van der Waals surface area contributed by atoms with Crippen molar-refractivity contribution < 1.29 is 0 Å². The van der Waals surface area contributed by atoms with Gasteiger partial charge in [-0.1, -0.05) is 13.8 Å². The zero-order valence-electron chi connectivity index (χ0n) is 11.0. The van der Waals surface area contributed by atoms with Gasteiger partial charge >= 0.3 is 0 Å². The normalized spacial score (nSPS) is 19.1. The summed E-state index contributed by atoms with van der Waals surface area (Å²) in [6.07, 6.45) is 8.95. The van der Waals surface area contributed by atoms with Gasteiger partial charge in [-0.15, -0.1) is 0 Å². The molecule has 1 aliphatic carbocycles. The summed E-state index contributed by atoms with van der Waals surface area (Å²) >= 11 is 0. The summed E-state index contributed by atoms with van der Waals surface area (Å²) < 4.78 is 0. The van der Waals surface area contributed by atoms with E-state index in [9.17, 15) is 0 Å². The molecule has 0 amide bonds. The zero-order valence-corrected chi connectivity index (χ0v) is 11.0. The molecule has 1 N–H and O–H groups in total. The third-order valence-electron chi connectivity index (χ3n) is 3.35. The second kappa shape index (κ2) is 6.10. The Morgan fingerprint density at radius 1 is 1.35 bits per heavy atom. The Morgan fingerprint density at radius 3 is 3.00 bits per heavy atom. The van der Waals surface area contributed by atoms with E-state index < -0.39 is 0 Å². The number of rotatable bonds is 5. The van der Waals surface area contributed by atoms with Gasteiger partial charge in [-0.05, 0) is 38.6 Å². The van der Waals surface area contributed by atoms with E-state index in [-0.39, 0.29) is 0 Å². The summed E-state index contributed by atoms with van der Waals surface area (Å²) in [7, 11) is 0. The highest BCUT2D eigenvalue weighted by molar-refractivity contribution is 5.24. The highest BCUT2D eigenvalue weighted by atomic mass is 14.9. The van der Waals surface area contributed by atoms with Crippen molar-refractivity contribution in [3.8, 4) is 0 Å². The summed E-state index contributed by atoms with van der Waals surface area (Å²) in [5.41, 5.74) is 2.62. The Kier molecular flexibility index (Phi) is 4.49. The van der Waals surface area contributed by atoms with Crippen LogP contribution in [0.1, 0.15) is 62.7 Å². The standard InChI is InChI=1S/C14H23N3/c1-3-6-14-16-10-11-12(15-9-4-2)7-5-8-13(11)17-14/h10,12,15H,3-9H2,1-2H3. The Balaban J connectivity index is 2.14. The first-order valence-electron chi connectivity index (χ1n) is 6.93. The Labute approximate surface area is 104 Å². The van der Waals surface area contributed by atoms with Crippen LogP contribution >= 0.6 is 0 Å². The number of hydrogen-bond donors (Lipinski definition) is 1. The molecule has 17 heavy (non-hydrogen) atoms. The third kappa shape index (κ3) is 3.03. The number of aryl methyl sites for hydroxylation is 2. The maximum atomic E-state index is 4.71. The lowest BCUT2D eigenvalue weighted by atomic mass is 9.92. The van der Waals surface area contributed by atoms with Crippen molar-refractivity contribution in [2.45, 2.75) is 58.4 Å². The molecular weight excluding hydrogens is 210 g/mol. The molecule has 1 aliphatic rings. The lowest BCUT2D eigenvalue weighted by molar-refractivity contribution is 0.452. The minimum Gasteiger partial charge on any atom is -0.310 e. The van der Waals surface area contributed by atoms with Gasteiger partial charge in [-0.3, -0.25) is 0 Å². The Bertz CT molecular complexity index is 362. The Morgan fingerprint density at radius 2 is 2.24 bits per heavy atom. The molecule has 0 aliphatic heterocycles. The van der Waals surface area contributed by atoms with Gasteiger partial charge in [-0.25, -0.2) is 9.97 Å². The van der Waals surface area contributed by atoms with Crippen LogP contribution in [-0.4, -0.2) is 16.5 Å². The zero-order chi connectivity index (χ0) is 12.1. The number of aromatic nitrogens is 2. The highest BCUT2D eigenvalue weighted by Crippen LogP contribution is 2.27. The molecule has 1 unspecified atom stereocenters. The van der Waals surface area contributed by atoms with Gasteiger partial charge in [0.2, 0.25) is 0 Å². The van der Waals surface area contributed by atoms with Crippen LogP contribution in [0.3, 0.4) is 0 Å². The molecule has 0 saturated heterocycles. The molecule has 0 saturated carbocycles. The monoisotopic (exact) mass is 233 g/mol. The van der Waals surface area contributed by atoms with Crippen molar-refractivity contribution >= 4 is 0 Å². The third-order valence-corrected chi connectivity index (χ3v) is 3.35. The van der Waals surface area contributed by atoms with Crippen LogP contribution in [0.25, 0.3) is 0 Å². The molecule has 0 spiro atoms. The quantitative estimate of drug-likeness (QED) is 0.849. The molecule has 3 nitrogen and oxygen atoms in total. The molecule has 1 aromatic rings. The van der Waals surface area contributed by atoms with Gasteiger partial charge < -0.3 is 5.32 Å². The van der Waals surface area contributed by atoms with Crippen molar-refractivity contribution in [2.75, 3.05) is 6.54 Å². The summed E-state index contributed by atoms with van der Waals surface area (Å²) in [6.45, 7) is 5.47. The largest absolute Gasteiger partial charge is 0.310 e. The lowest BCUT2D eigenvalue weighted by Crippen LogP contribution is -2.27.